The molecular formula is C30H41Cl2SiTi-3. The van der Waals surface area contributed by atoms with Gasteiger partial charge in [-0.2, -0.15) is 13.8 Å². The molecule has 0 amide bonds. The standard InChI is InChI=1S/C26H29.2C2H5.2ClH.Si.Ti/c1-25(2,3)19-11-12-20-18(15-19)16-22-21(20)13-14-23(26(4,5)6)24(22)17-9-7-8-10-17;2*1-2;;;;/h7-9,11-16H,10H2,1-6H3;2*1H2,2H3;2*1H;;/q3*-1;;;;. The van der Waals surface area contributed by atoms with Gasteiger partial charge < -0.3 is 13.8 Å². The van der Waals surface area contributed by atoms with Crippen LogP contribution in [0.5, 0.6) is 0 Å². The summed E-state index contributed by atoms with van der Waals surface area (Å²) in [6.07, 6.45) is 7.79. The molecule has 0 aromatic heterocycles. The average molecular weight is 549 g/mol. The van der Waals surface area contributed by atoms with E-state index in [9.17, 15) is 0 Å². The molecule has 2 radical (unpaired) electrons. The summed E-state index contributed by atoms with van der Waals surface area (Å²) in [6.45, 7) is 23.8. The van der Waals surface area contributed by atoms with Gasteiger partial charge in [-0.25, -0.2) is 0 Å². The molecule has 0 nitrogen and oxygen atoms in total. The molecule has 186 valence electrons. The molecule has 0 atom stereocenters. The summed E-state index contributed by atoms with van der Waals surface area (Å²) in [5, 5.41) is 5.54. The van der Waals surface area contributed by atoms with Gasteiger partial charge >= 0.3 is 26.8 Å². The van der Waals surface area contributed by atoms with Crippen molar-refractivity contribution in [2.24, 2.45) is 0 Å². The minimum atomic E-state index is 0. The van der Waals surface area contributed by atoms with Crippen LogP contribution in [0.1, 0.15) is 78.5 Å². The van der Waals surface area contributed by atoms with E-state index in [1.54, 1.807) is 33.0 Å². The van der Waals surface area contributed by atoms with Gasteiger partial charge in [0.1, 0.15) is 0 Å². The van der Waals surface area contributed by atoms with Crippen LogP contribution in [0.15, 0.2) is 54.6 Å². The van der Waals surface area contributed by atoms with E-state index in [-0.39, 0.29) is 35.6 Å². The Kier molecular flexibility index (Phi) is 16.1. The van der Waals surface area contributed by atoms with Gasteiger partial charge in [0.05, 0.1) is 0 Å². The van der Waals surface area contributed by atoms with Crippen LogP contribution in [0.4, 0.5) is 0 Å². The van der Waals surface area contributed by atoms with E-state index in [0.717, 1.165) is 6.42 Å². The molecule has 0 saturated carbocycles. The van der Waals surface area contributed by atoms with Crippen LogP contribution in [0, 0.1) is 13.8 Å². The molecular weight excluding hydrogens is 507 g/mol. The van der Waals surface area contributed by atoms with Gasteiger partial charge in [0, 0.05) is 0 Å². The fourth-order valence-electron chi connectivity index (χ4n) is 4.16. The summed E-state index contributed by atoms with van der Waals surface area (Å²) in [5.41, 5.74) is 6.06. The van der Waals surface area contributed by atoms with E-state index in [4.69, 9.17) is 0 Å². The Morgan fingerprint density at radius 1 is 0.824 bits per heavy atom. The molecule has 0 saturated heterocycles. The second-order valence-electron chi connectivity index (χ2n) is 9.72. The topological polar surface area (TPSA) is 0 Å². The summed E-state index contributed by atoms with van der Waals surface area (Å²) >= 11 is 1.81. The van der Waals surface area contributed by atoms with Gasteiger partial charge in [-0.3, -0.25) is 0 Å². The van der Waals surface area contributed by atoms with Crippen molar-refractivity contribution in [3.05, 3.63) is 85.2 Å². The van der Waals surface area contributed by atoms with E-state index in [2.05, 4.69) is 118 Å². The fourth-order valence-corrected chi connectivity index (χ4v) is 4.16. The minimum absolute atomic E-state index is 0. The second kappa shape index (κ2) is 15.4. The fraction of sp³-hybridized carbons (Fsp3) is 0.367. The third-order valence-corrected chi connectivity index (χ3v) is 5.65. The Hall–Kier alpha value is -0.699. The van der Waals surface area contributed by atoms with Crippen LogP contribution < -0.4 is 0 Å². The number of hydrogen-bond donors (Lipinski definition) is 0. The molecule has 0 fully saturated rings. The van der Waals surface area contributed by atoms with E-state index >= 15 is 0 Å². The molecule has 1 aliphatic rings. The van der Waals surface area contributed by atoms with Crippen molar-refractivity contribution < 1.29 is 19.2 Å². The third-order valence-electron chi connectivity index (χ3n) is 5.65. The summed E-state index contributed by atoms with van der Waals surface area (Å²) in [5.74, 6) is 0. The van der Waals surface area contributed by atoms with Crippen LogP contribution in [0.2, 0.25) is 0 Å². The van der Waals surface area contributed by atoms with Crippen LogP contribution in [0.25, 0.3) is 27.1 Å². The SMILES string of the molecule is CC(C)(C)c1ccc2c(c1)[cH-]c1c(C3=CC=CC3)c(C(C)(C)C)ccc12.Cl.Cl.[CH2-]C.[CH2-]C.[Si]=[Ti]. The monoisotopic (exact) mass is 547 g/mol. The van der Waals surface area contributed by atoms with E-state index < -0.39 is 0 Å². The molecule has 1 aliphatic carbocycles. The molecule has 4 rings (SSSR count). The molecule has 0 heterocycles. The van der Waals surface area contributed by atoms with Crippen LogP contribution in [-0.4, -0.2) is 7.63 Å². The van der Waals surface area contributed by atoms with E-state index in [1.165, 1.54) is 43.8 Å². The van der Waals surface area contributed by atoms with Crippen molar-refractivity contribution in [2.45, 2.75) is 72.6 Å². The Labute approximate surface area is 235 Å². The van der Waals surface area contributed by atoms with Gasteiger partial charge in [-0.05, 0) is 17.3 Å². The zero-order valence-corrected chi connectivity index (χ0v) is 26.3. The quantitative estimate of drug-likeness (QED) is 0.210. The van der Waals surface area contributed by atoms with Gasteiger partial charge in [0.15, 0.2) is 0 Å². The summed E-state index contributed by atoms with van der Waals surface area (Å²) < 4.78 is 0. The zero-order chi connectivity index (χ0) is 24.7. The number of hydrogen-bond acceptors (Lipinski definition) is 0. The first-order valence-corrected chi connectivity index (χ1v) is 14.2. The van der Waals surface area contributed by atoms with Crippen LogP contribution in [-0.2, 0) is 30.0 Å². The van der Waals surface area contributed by atoms with Crippen molar-refractivity contribution in [3.63, 3.8) is 0 Å². The molecule has 0 unspecified atom stereocenters. The third kappa shape index (κ3) is 7.90. The van der Waals surface area contributed by atoms with Crippen molar-refractivity contribution in [1.82, 2.24) is 0 Å². The Morgan fingerprint density at radius 2 is 1.38 bits per heavy atom. The summed E-state index contributed by atoms with van der Waals surface area (Å²) in [4.78, 5) is 0. The van der Waals surface area contributed by atoms with Crippen molar-refractivity contribution in [2.75, 3.05) is 0 Å². The first kappa shape index (κ1) is 35.5. The maximum atomic E-state index is 3.25. The van der Waals surface area contributed by atoms with Gasteiger partial charge in [-0.1, -0.05) is 106 Å². The molecule has 3 aromatic carbocycles. The normalized spacial score (nSPS) is 12.1. The Balaban J connectivity index is 0. The van der Waals surface area contributed by atoms with Crippen molar-refractivity contribution >= 4 is 59.6 Å². The number of benzene rings is 2. The predicted molar refractivity (Wildman–Crippen MR) is 158 cm³/mol. The van der Waals surface area contributed by atoms with E-state index in [1.807, 2.05) is 0 Å². The molecule has 4 heteroatoms. The molecule has 0 bridgehead atoms. The number of halogens is 2. The van der Waals surface area contributed by atoms with Crippen LogP contribution >= 0.6 is 24.8 Å². The zero-order valence-electron chi connectivity index (χ0n) is 22.1. The molecule has 34 heavy (non-hydrogen) atoms. The van der Waals surface area contributed by atoms with Gasteiger partial charge in [0.2, 0.25) is 0 Å². The molecule has 0 N–H and O–H groups in total. The molecule has 3 aromatic rings. The van der Waals surface area contributed by atoms with Crippen molar-refractivity contribution in [3.8, 4) is 0 Å². The average Bonchev–Trinajstić information content (AvgIpc) is 3.43. The Bertz CT molecular complexity index is 1090. The summed E-state index contributed by atoms with van der Waals surface area (Å²) in [6, 6.07) is 14.1. The molecule has 0 spiro atoms. The van der Waals surface area contributed by atoms with Gasteiger partial charge in [-0.15, -0.1) is 58.5 Å². The van der Waals surface area contributed by atoms with E-state index in [0.29, 0.717) is 0 Å². The maximum absolute atomic E-state index is 3.25. The van der Waals surface area contributed by atoms with Crippen LogP contribution in [0.3, 0.4) is 0 Å². The first-order chi connectivity index (χ1) is 15.2. The molecule has 0 aliphatic heterocycles. The predicted octanol–water partition coefficient (Wildman–Crippen LogP) is 9.79. The number of rotatable bonds is 1. The van der Waals surface area contributed by atoms with Gasteiger partial charge in [0.25, 0.3) is 0 Å². The number of allylic oxidation sites excluding steroid dienone is 4. The second-order valence-corrected chi connectivity index (χ2v) is 9.72. The Morgan fingerprint density at radius 3 is 1.85 bits per heavy atom. The number of fused-ring (bicyclic) bond motifs is 3. The van der Waals surface area contributed by atoms with Crippen molar-refractivity contribution in [1.29, 1.82) is 0 Å². The summed E-state index contributed by atoms with van der Waals surface area (Å²) in [7, 11) is 2.97. The first-order valence-electron chi connectivity index (χ1n) is 11.4.